The van der Waals surface area contributed by atoms with Gasteiger partial charge < -0.3 is 10.1 Å². The molecule has 2 unspecified atom stereocenters. The van der Waals surface area contributed by atoms with Gasteiger partial charge in [-0.25, -0.2) is 9.18 Å². The van der Waals surface area contributed by atoms with Crippen LogP contribution in [0.5, 0.6) is 5.75 Å². The van der Waals surface area contributed by atoms with Gasteiger partial charge in [-0.1, -0.05) is 17.5 Å². The molecule has 2 aliphatic heterocycles. The van der Waals surface area contributed by atoms with Gasteiger partial charge in [0.05, 0.1) is 23.2 Å². The Balaban J connectivity index is 2.10. The number of rotatable bonds is 1. The minimum Gasteiger partial charge on any atom is -0.468 e. The van der Waals surface area contributed by atoms with E-state index in [1.165, 1.54) is 11.0 Å². The number of ether oxygens (including phenoxy) is 1. The topological polar surface area (TPSA) is 41.6 Å². The monoisotopic (exact) mass is 294 g/mol. The number of carbonyl (C=O) groups excluding carboxylic acids is 1. The fourth-order valence-corrected chi connectivity index (χ4v) is 2.95. The zero-order valence-electron chi connectivity index (χ0n) is 10.7. The molecule has 2 atom stereocenters. The van der Waals surface area contributed by atoms with Crippen molar-refractivity contribution in [2.75, 3.05) is 6.54 Å². The standard InChI is InChI=1S/C14H12ClFN2O2/c1-3-6-18-13(19)17-9-7-14(18,2)20-10-5-4-8(15)12(16)11(9)10/h1,4-5,9H,6-7H2,2H3,(H,17,19). The molecule has 1 N–H and O–H groups in total. The van der Waals surface area contributed by atoms with E-state index in [2.05, 4.69) is 11.2 Å². The number of fused-ring (bicyclic) bond motifs is 4. The number of halogens is 2. The van der Waals surface area contributed by atoms with E-state index in [4.69, 9.17) is 22.8 Å². The SMILES string of the molecule is C#CCN1C(=O)NC2CC1(C)Oc1ccc(Cl)c(F)c12. The normalized spacial score (nSPS) is 27.2. The molecule has 1 fully saturated rings. The number of amides is 2. The van der Waals surface area contributed by atoms with Crippen LogP contribution in [-0.4, -0.2) is 23.2 Å². The highest BCUT2D eigenvalue weighted by molar-refractivity contribution is 6.30. The summed E-state index contributed by atoms with van der Waals surface area (Å²) in [7, 11) is 0. The lowest BCUT2D eigenvalue weighted by atomic mass is 9.90. The molecule has 0 saturated carbocycles. The highest BCUT2D eigenvalue weighted by Crippen LogP contribution is 2.46. The highest BCUT2D eigenvalue weighted by Gasteiger charge is 2.49. The lowest BCUT2D eigenvalue weighted by Crippen LogP contribution is -2.64. The molecular formula is C14H12ClFN2O2. The van der Waals surface area contributed by atoms with Crippen LogP contribution in [-0.2, 0) is 0 Å². The Bertz CT molecular complexity index is 643. The van der Waals surface area contributed by atoms with Crippen molar-refractivity contribution in [2.45, 2.75) is 25.1 Å². The first-order valence-corrected chi connectivity index (χ1v) is 6.52. The van der Waals surface area contributed by atoms with E-state index in [1.54, 1.807) is 13.0 Å². The van der Waals surface area contributed by atoms with Crippen molar-refractivity contribution in [1.82, 2.24) is 10.2 Å². The van der Waals surface area contributed by atoms with Gasteiger partial charge >= 0.3 is 6.03 Å². The number of carbonyl (C=O) groups is 1. The molecule has 104 valence electrons. The van der Waals surface area contributed by atoms with Gasteiger partial charge in [-0.05, 0) is 19.1 Å². The van der Waals surface area contributed by atoms with Crippen molar-refractivity contribution in [3.8, 4) is 18.1 Å². The van der Waals surface area contributed by atoms with E-state index in [1.807, 2.05) is 0 Å². The Hall–Kier alpha value is -1.93. The minimum absolute atomic E-state index is 0.0104. The summed E-state index contributed by atoms with van der Waals surface area (Å²) in [6.07, 6.45) is 5.69. The smallest absolute Gasteiger partial charge is 0.321 e. The fraction of sp³-hybridized carbons (Fsp3) is 0.357. The number of hydrogen-bond donors (Lipinski definition) is 1. The molecule has 0 radical (unpaired) electrons. The molecule has 2 amide bonds. The molecular weight excluding hydrogens is 283 g/mol. The molecule has 20 heavy (non-hydrogen) atoms. The first-order chi connectivity index (χ1) is 9.46. The van der Waals surface area contributed by atoms with E-state index in [-0.39, 0.29) is 17.6 Å². The molecule has 2 heterocycles. The average molecular weight is 295 g/mol. The number of benzene rings is 1. The van der Waals surface area contributed by atoms with Gasteiger partial charge in [-0.3, -0.25) is 4.90 Å². The van der Waals surface area contributed by atoms with Crippen molar-refractivity contribution in [3.63, 3.8) is 0 Å². The van der Waals surface area contributed by atoms with E-state index in [0.29, 0.717) is 17.7 Å². The zero-order valence-corrected chi connectivity index (χ0v) is 11.5. The Morgan fingerprint density at radius 2 is 2.45 bits per heavy atom. The molecule has 4 nitrogen and oxygen atoms in total. The summed E-state index contributed by atoms with van der Waals surface area (Å²) < 4.78 is 20.0. The lowest BCUT2D eigenvalue weighted by Gasteiger charge is -2.50. The molecule has 1 aromatic rings. The van der Waals surface area contributed by atoms with Crippen molar-refractivity contribution >= 4 is 17.6 Å². The highest BCUT2D eigenvalue weighted by atomic mass is 35.5. The second-order valence-electron chi connectivity index (χ2n) is 5.05. The first-order valence-electron chi connectivity index (χ1n) is 6.15. The van der Waals surface area contributed by atoms with Crippen molar-refractivity contribution in [2.24, 2.45) is 0 Å². The third-order valence-corrected chi connectivity index (χ3v) is 4.01. The number of nitrogens with one attached hydrogen (secondary N) is 1. The Kier molecular flexibility index (Phi) is 2.80. The lowest BCUT2D eigenvalue weighted by molar-refractivity contribution is -0.0787. The van der Waals surface area contributed by atoms with Gasteiger partial charge in [0.15, 0.2) is 11.5 Å². The number of nitrogens with zero attached hydrogens (tertiary/aromatic N) is 1. The van der Waals surface area contributed by atoms with Crippen LogP contribution in [0.25, 0.3) is 0 Å². The average Bonchev–Trinajstić information content (AvgIpc) is 2.38. The molecule has 0 aromatic heterocycles. The second kappa shape index (κ2) is 4.29. The van der Waals surface area contributed by atoms with E-state index >= 15 is 0 Å². The summed E-state index contributed by atoms with van der Waals surface area (Å²) >= 11 is 5.79. The van der Waals surface area contributed by atoms with E-state index < -0.39 is 17.6 Å². The fourth-order valence-electron chi connectivity index (χ4n) is 2.78. The van der Waals surface area contributed by atoms with E-state index in [0.717, 1.165) is 0 Å². The third-order valence-electron chi connectivity index (χ3n) is 3.72. The van der Waals surface area contributed by atoms with Crippen LogP contribution in [0.15, 0.2) is 12.1 Å². The number of urea groups is 1. The molecule has 1 aromatic carbocycles. The molecule has 2 bridgehead atoms. The molecule has 6 heteroatoms. The summed E-state index contributed by atoms with van der Waals surface area (Å²) in [5.74, 6) is 2.26. The molecule has 0 aliphatic carbocycles. The van der Waals surface area contributed by atoms with Gasteiger partial charge in [-0.15, -0.1) is 6.42 Å². The maximum atomic E-state index is 14.2. The Morgan fingerprint density at radius 1 is 1.70 bits per heavy atom. The van der Waals surface area contributed by atoms with Gasteiger partial charge in [0.1, 0.15) is 5.75 Å². The summed E-state index contributed by atoms with van der Waals surface area (Å²) in [4.78, 5) is 13.5. The number of hydrogen-bond acceptors (Lipinski definition) is 2. The van der Waals surface area contributed by atoms with Crippen LogP contribution in [0.4, 0.5) is 9.18 Å². The van der Waals surface area contributed by atoms with Crippen LogP contribution in [0.3, 0.4) is 0 Å². The summed E-state index contributed by atoms with van der Waals surface area (Å²) in [5.41, 5.74) is -0.587. The van der Waals surface area contributed by atoms with Crippen LogP contribution in [0.2, 0.25) is 5.02 Å². The third kappa shape index (κ3) is 1.72. The minimum atomic E-state index is -0.882. The van der Waals surface area contributed by atoms with Crippen molar-refractivity contribution in [1.29, 1.82) is 0 Å². The van der Waals surface area contributed by atoms with Crippen LogP contribution >= 0.6 is 11.6 Å². The van der Waals surface area contributed by atoms with Crippen molar-refractivity contribution in [3.05, 3.63) is 28.5 Å². The molecule has 3 rings (SSSR count). The Labute approximate surface area is 120 Å². The maximum absolute atomic E-state index is 14.2. The van der Waals surface area contributed by atoms with Gasteiger partial charge in [0, 0.05) is 6.42 Å². The predicted octanol–water partition coefficient (Wildman–Crippen LogP) is 2.68. The van der Waals surface area contributed by atoms with Gasteiger partial charge in [-0.2, -0.15) is 0 Å². The van der Waals surface area contributed by atoms with Crippen LogP contribution in [0, 0.1) is 18.2 Å². The Morgan fingerprint density at radius 3 is 3.15 bits per heavy atom. The quantitative estimate of drug-likeness (QED) is 0.809. The predicted molar refractivity (Wildman–Crippen MR) is 71.9 cm³/mol. The van der Waals surface area contributed by atoms with Crippen LogP contribution < -0.4 is 10.1 Å². The maximum Gasteiger partial charge on any atom is 0.321 e. The second-order valence-corrected chi connectivity index (χ2v) is 5.45. The van der Waals surface area contributed by atoms with Crippen LogP contribution in [0.1, 0.15) is 24.9 Å². The zero-order chi connectivity index (χ0) is 14.5. The first kappa shape index (κ1) is 13.1. The summed E-state index contributed by atoms with van der Waals surface area (Å²) in [5, 5.41) is 2.76. The molecule has 0 spiro atoms. The molecule has 2 aliphatic rings. The van der Waals surface area contributed by atoms with Gasteiger partial charge in [0.25, 0.3) is 0 Å². The van der Waals surface area contributed by atoms with Gasteiger partial charge in [0.2, 0.25) is 0 Å². The summed E-state index contributed by atoms with van der Waals surface area (Å²) in [6.45, 7) is 1.89. The van der Waals surface area contributed by atoms with Crippen molar-refractivity contribution < 1.29 is 13.9 Å². The number of terminal acetylenes is 1. The largest absolute Gasteiger partial charge is 0.468 e. The summed E-state index contributed by atoms with van der Waals surface area (Å²) in [6, 6.07) is 2.21. The molecule has 1 saturated heterocycles. The van der Waals surface area contributed by atoms with E-state index in [9.17, 15) is 9.18 Å².